The van der Waals surface area contributed by atoms with Gasteiger partial charge in [-0.05, 0) is 37.6 Å². The van der Waals surface area contributed by atoms with Crippen molar-refractivity contribution in [1.29, 1.82) is 0 Å². The highest BCUT2D eigenvalue weighted by Gasteiger charge is 2.43. The van der Waals surface area contributed by atoms with Crippen molar-refractivity contribution in [2.24, 2.45) is 0 Å². The van der Waals surface area contributed by atoms with Crippen LogP contribution < -0.4 is 15.4 Å². The van der Waals surface area contributed by atoms with Crippen LogP contribution in [0.3, 0.4) is 0 Å². The molecule has 1 unspecified atom stereocenters. The SMILES string of the molecule is Cc1ccc(S(=O)(=O)Nc2cccc(C3(C)NC(=O)NC3=O)c2)cc1[N+](=O)[O-]. The van der Waals surface area contributed by atoms with Gasteiger partial charge >= 0.3 is 6.03 Å². The molecule has 28 heavy (non-hydrogen) atoms. The summed E-state index contributed by atoms with van der Waals surface area (Å²) in [6.45, 7) is 3.00. The highest BCUT2D eigenvalue weighted by Crippen LogP contribution is 2.28. The zero-order valence-corrected chi connectivity index (χ0v) is 15.7. The Kier molecular flexibility index (Phi) is 4.55. The van der Waals surface area contributed by atoms with E-state index in [0.29, 0.717) is 11.1 Å². The Hall–Kier alpha value is -3.47. The quantitative estimate of drug-likeness (QED) is 0.393. The van der Waals surface area contributed by atoms with Gasteiger partial charge in [-0.3, -0.25) is 24.9 Å². The zero-order chi connectivity index (χ0) is 20.7. The summed E-state index contributed by atoms with van der Waals surface area (Å²) in [4.78, 5) is 33.6. The first-order valence-electron chi connectivity index (χ1n) is 8.05. The predicted molar refractivity (Wildman–Crippen MR) is 99.1 cm³/mol. The van der Waals surface area contributed by atoms with Crippen molar-refractivity contribution < 1.29 is 22.9 Å². The van der Waals surface area contributed by atoms with Crippen molar-refractivity contribution >= 4 is 33.3 Å². The Morgan fingerprint density at radius 1 is 1.14 bits per heavy atom. The number of nitrogens with one attached hydrogen (secondary N) is 3. The number of sulfonamides is 1. The summed E-state index contributed by atoms with van der Waals surface area (Å²) in [5.41, 5.74) is -0.820. The highest BCUT2D eigenvalue weighted by molar-refractivity contribution is 7.92. The molecule has 146 valence electrons. The van der Waals surface area contributed by atoms with Crippen molar-refractivity contribution in [3.05, 3.63) is 63.7 Å². The lowest BCUT2D eigenvalue weighted by Crippen LogP contribution is -2.40. The van der Waals surface area contributed by atoms with Gasteiger partial charge < -0.3 is 5.32 Å². The van der Waals surface area contributed by atoms with E-state index in [4.69, 9.17) is 0 Å². The molecule has 0 radical (unpaired) electrons. The molecule has 1 atom stereocenters. The van der Waals surface area contributed by atoms with E-state index >= 15 is 0 Å². The number of benzene rings is 2. The Bertz CT molecular complexity index is 1110. The minimum atomic E-state index is -4.11. The first-order chi connectivity index (χ1) is 13.0. The molecule has 1 fully saturated rings. The lowest BCUT2D eigenvalue weighted by atomic mass is 9.92. The van der Waals surface area contributed by atoms with Crippen LogP contribution in [0.4, 0.5) is 16.2 Å². The minimum absolute atomic E-state index is 0.135. The molecule has 10 nitrogen and oxygen atoms in total. The number of rotatable bonds is 5. The molecule has 1 saturated heterocycles. The van der Waals surface area contributed by atoms with E-state index in [0.717, 1.165) is 6.07 Å². The summed E-state index contributed by atoms with van der Waals surface area (Å²) < 4.78 is 27.6. The minimum Gasteiger partial charge on any atom is -0.320 e. The number of nitro benzene ring substituents is 1. The number of hydrogen-bond acceptors (Lipinski definition) is 6. The van der Waals surface area contributed by atoms with Crippen molar-refractivity contribution in [3.8, 4) is 0 Å². The highest BCUT2D eigenvalue weighted by atomic mass is 32.2. The molecule has 3 rings (SSSR count). The standard InChI is InChI=1S/C17H16N4O6S/c1-10-6-7-13(9-14(10)21(24)25)28(26,27)20-12-5-3-4-11(8-12)17(2)15(22)18-16(23)19-17/h3-9,20H,1-2H3,(H2,18,19,22,23). The third-order valence-corrected chi connectivity index (χ3v) is 5.80. The second kappa shape index (κ2) is 6.60. The maximum absolute atomic E-state index is 12.6. The third kappa shape index (κ3) is 3.39. The summed E-state index contributed by atoms with van der Waals surface area (Å²) in [6.07, 6.45) is 0. The summed E-state index contributed by atoms with van der Waals surface area (Å²) >= 11 is 0. The smallest absolute Gasteiger partial charge is 0.320 e. The number of imide groups is 1. The molecule has 11 heteroatoms. The van der Waals surface area contributed by atoms with E-state index in [2.05, 4.69) is 15.4 Å². The lowest BCUT2D eigenvalue weighted by molar-refractivity contribution is -0.385. The molecule has 0 saturated carbocycles. The Labute approximate surface area is 160 Å². The van der Waals surface area contributed by atoms with Gasteiger partial charge in [0.25, 0.3) is 21.6 Å². The second-order valence-electron chi connectivity index (χ2n) is 6.42. The van der Waals surface area contributed by atoms with Crippen molar-refractivity contribution in [2.75, 3.05) is 4.72 Å². The van der Waals surface area contributed by atoms with E-state index in [1.807, 2.05) is 0 Å². The fourth-order valence-electron chi connectivity index (χ4n) is 2.81. The summed E-state index contributed by atoms with van der Waals surface area (Å²) in [5.74, 6) is -0.563. The van der Waals surface area contributed by atoms with Gasteiger partial charge in [-0.25, -0.2) is 13.2 Å². The molecule has 1 aliphatic heterocycles. The normalized spacial score (nSPS) is 19.1. The number of carbonyl (C=O) groups is 2. The molecule has 0 bridgehead atoms. The average Bonchev–Trinajstić information content (AvgIpc) is 2.87. The number of anilines is 1. The molecule has 0 spiro atoms. The number of carbonyl (C=O) groups excluding carboxylic acids is 2. The first kappa shape index (κ1) is 19.3. The van der Waals surface area contributed by atoms with Crippen LogP contribution in [0.2, 0.25) is 0 Å². The monoisotopic (exact) mass is 404 g/mol. The summed E-state index contributed by atoms with van der Waals surface area (Å²) in [6, 6.07) is 8.90. The Morgan fingerprint density at radius 2 is 1.86 bits per heavy atom. The molecule has 1 aliphatic rings. The molecule has 0 aliphatic carbocycles. The molecular weight excluding hydrogens is 388 g/mol. The molecule has 0 aromatic heterocycles. The van der Waals surface area contributed by atoms with Crippen LogP contribution in [0.25, 0.3) is 0 Å². The Morgan fingerprint density at radius 3 is 2.46 bits per heavy atom. The molecule has 1 heterocycles. The molecule has 3 N–H and O–H groups in total. The summed E-state index contributed by atoms with van der Waals surface area (Å²) in [7, 11) is -4.11. The van der Waals surface area contributed by atoms with Gasteiger partial charge in [0.15, 0.2) is 0 Å². The Balaban J connectivity index is 1.94. The van der Waals surface area contributed by atoms with E-state index in [9.17, 15) is 28.1 Å². The fourth-order valence-corrected chi connectivity index (χ4v) is 3.88. The first-order valence-corrected chi connectivity index (χ1v) is 9.53. The summed E-state index contributed by atoms with van der Waals surface area (Å²) in [5, 5.41) is 15.7. The zero-order valence-electron chi connectivity index (χ0n) is 14.8. The van der Waals surface area contributed by atoms with Crippen LogP contribution in [0.5, 0.6) is 0 Å². The van der Waals surface area contributed by atoms with Crippen LogP contribution >= 0.6 is 0 Å². The van der Waals surface area contributed by atoms with E-state index in [1.54, 1.807) is 6.07 Å². The molecule has 2 aromatic carbocycles. The van der Waals surface area contributed by atoms with Gasteiger partial charge in [0.1, 0.15) is 5.54 Å². The molecule has 2 aromatic rings. The number of urea groups is 1. The van der Waals surface area contributed by atoms with Gasteiger partial charge in [-0.15, -0.1) is 0 Å². The van der Waals surface area contributed by atoms with Crippen LogP contribution in [0.1, 0.15) is 18.1 Å². The second-order valence-corrected chi connectivity index (χ2v) is 8.11. The largest absolute Gasteiger partial charge is 0.322 e. The van der Waals surface area contributed by atoms with Crippen LogP contribution in [-0.2, 0) is 20.4 Å². The van der Waals surface area contributed by atoms with Crippen LogP contribution in [0.15, 0.2) is 47.4 Å². The van der Waals surface area contributed by atoms with Gasteiger partial charge in [0, 0.05) is 17.3 Å². The van der Waals surface area contributed by atoms with E-state index < -0.39 is 32.4 Å². The van der Waals surface area contributed by atoms with Crippen molar-refractivity contribution in [1.82, 2.24) is 10.6 Å². The number of nitrogens with zero attached hydrogens (tertiary/aromatic N) is 1. The van der Waals surface area contributed by atoms with Gasteiger partial charge in [-0.1, -0.05) is 18.2 Å². The van der Waals surface area contributed by atoms with E-state index in [-0.39, 0.29) is 16.3 Å². The molecular formula is C17H16N4O6S. The maximum atomic E-state index is 12.6. The third-order valence-electron chi connectivity index (χ3n) is 4.42. The molecule has 3 amide bonds. The van der Waals surface area contributed by atoms with Crippen LogP contribution in [-0.4, -0.2) is 25.3 Å². The maximum Gasteiger partial charge on any atom is 0.322 e. The van der Waals surface area contributed by atoms with Crippen LogP contribution in [0, 0.1) is 17.0 Å². The van der Waals surface area contributed by atoms with Gasteiger partial charge in [-0.2, -0.15) is 0 Å². The van der Waals surface area contributed by atoms with Gasteiger partial charge in [0.2, 0.25) is 0 Å². The number of hydrogen-bond donors (Lipinski definition) is 3. The number of aryl methyl sites for hydroxylation is 1. The topological polar surface area (TPSA) is 148 Å². The van der Waals surface area contributed by atoms with Gasteiger partial charge in [0.05, 0.1) is 9.82 Å². The number of amides is 3. The average molecular weight is 404 g/mol. The van der Waals surface area contributed by atoms with E-state index in [1.165, 1.54) is 44.2 Å². The fraction of sp³-hybridized carbons (Fsp3) is 0.176. The number of nitro groups is 1. The lowest BCUT2D eigenvalue weighted by Gasteiger charge is -2.21. The van der Waals surface area contributed by atoms with Crippen molar-refractivity contribution in [2.45, 2.75) is 24.3 Å². The predicted octanol–water partition coefficient (Wildman–Crippen LogP) is 1.76. The van der Waals surface area contributed by atoms with Crippen molar-refractivity contribution in [3.63, 3.8) is 0 Å².